The van der Waals surface area contributed by atoms with Crippen molar-refractivity contribution in [1.82, 2.24) is 0 Å². The van der Waals surface area contributed by atoms with Crippen molar-refractivity contribution in [3.05, 3.63) is 83.4 Å². The lowest BCUT2D eigenvalue weighted by Crippen LogP contribution is -2.44. The summed E-state index contributed by atoms with van der Waals surface area (Å²) in [6, 6.07) is 21.4. The van der Waals surface area contributed by atoms with E-state index in [1.807, 2.05) is 63.5 Å². The number of carbonyl (C=O) groups is 1. The van der Waals surface area contributed by atoms with E-state index in [-0.39, 0.29) is 12.1 Å². The van der Waals surface area contributed by atoms with Gasteiger partial charge < -0.3 is 15.8 Å². The molecule has 0 aliphatic carbocycles. The van der Waals surface area contributed by atoms with Crippen LogP contribution >= 0.6 is 0 Å². The summed E-state index contributed by atoms with van der Waals surface area (Å²) in [6.45, 7) is 5.85. The van der Waals surface area contributed by atoms with E-state index >= 15 is 0 Å². The van der Waals surface area contributed by atoms with Gasteiger partial charge in [0.15, 0.2) is 0 Å². The van der Waals surface area contributed by atoms with Crippen LogP contribution in [-0.2, 0) is 15.0 Å². The molecule has 3 aromatic carbocycles. The van der Waals surface area contributed by atoms with Crippen molar-refractivity contribution >= 4 is 17.9 Å². The predicted molar refractivity (Wildman–Crippen MR) is 126 cm³/mol. The molecule has 0 saturated heterocycles. The molecular weight excluding hydrogens is 400 g/mol. The van der Waals surface area contributed by atoms with Crippen LogP contribution in [0.2, 0.25) is 0 Å². The van der Waals surface area contributed by atoms with Crippen LogP contribution in [-0.4, -0.2) is 18.3 Å². The molecule has 1 amide bonds. The number of amides is 1. The molecule has 0 bridgehead atoms. The number of carbonyl (C=O) groups excluding carboxylic acids is 2. The maximum absolute atomic E-state index is 12.5. The van der Waals surface area contributed by atoms with Crippen molar-refractivity contribution in [2.45, 2.75) is 44.8 Å². The van der Waals surface area contributed by atoms with Gasteiger partial charge in [-0.15, -0.1) is 0 Å². The fourth-order valence-electron chi connectivity index (χ4n) is 4.31. The van der Waals surface area contributed by atoms with Gasteiger partial charge in [0.05, 0.1) is 17.6 Å². The third kappa shape index (κ3) is 4.11. The quantitative estimate of drug-likeness (QED) is 0.586. The zero-order valence-corrected chi connectivity index (χ0v) is 18.5. The lowest BCUT2D eigenvalue weighted by atomic mass is 9.71. The summed E-state index contributed by atoms with van der Waals surface area (Å²) in [7, 11) is 0. The Morgan fingerprint density at radius 2 is 1.84 bits per heavy atom. The first-order valence-corrected chi connectivity index (χ1v) is 10.8. The average Bonchev–Trinajstić information content (AvgIpc) is 2.79. The zero-order valence-electron chi connectivity index (χ0n) is 18.5. The topological polar surface area (TPSA) is 81.4 Å². The highest BCUT2D eigenvalue weighted by molar-refractivity contribution is 5.90. The van der Waals surface area contributed by atoms with Crippen molar-refractivity contribution in [3.8, 4) is 16.9 Å². The number of primary amides is 1. The molecule has 163 valence electrons. The summed E-state index contributed by atoms with van der Waals surface area (Å²) < 4.78 is 5.74. The Bertz CT molecular complexity index is 1150. The van der Waals surface area contributed by atoms with E-state index in [2.05, 4.69) is 23.5 Å². The number of anilines is 1. The van der Waals surface area contributed by atoms with Crippen LogP contribution < -0.4 is 15.8 Å². The molecular formula is C27H27N2O3. The van der Waals surface area contributed by atoms with Gasteiger partial charge >= 0.3 is 0 Å². The van der Waals surface area contributed by atoms with Gasteiger partial charge in [0.2, 0.25) is 12.2 Å². The molecule has 4 rings (SSSR count). The average molecular weight is 428 g/mol. The first-order valence-electron chi connectivity index (χ1n) is 10.8. The summed E-state index contributed by atoms with van der Waals surface area (Å²) in [6.07, 6.45) is 2.52. The Labute approximate surface area is 188 Å². The van der Waals surface area contributed by atoms with Crippen LogP contribution in [0.4, 0.5) is 5.69 Å². The summed E-state index contributed by atoms with van der Waals surface area (Å²) in [5.41, 5.74) is 10.1. The largest absolute Gasteiger partial charge is 0.491 e. The minimum Gasteiger partial charge on any atom is -0.491 e. The van der Waals surface area contributed by atoms with E-state index in [0.717, 1.165) is 33.7 Å². The second kappa shape index (κ2) is 8.50. The van der Waals surface area contributed by atoms with Gasteiger partial charge in [-0.2, -0.15) is 0 Å². The molecule has 32 heavy (non-hydrogen) atoms. The van der Waals surface area contributed by atoms with Crippen LogP contribution in [0.25, 0.3) is 11.1 Å². The van der Waals surface area contributed by atoms with E-state index in [0.29, 0.717) is 12.0 Å². The number of hydrogen-bond acceptors (Lipinski definition) is 4. The van der Waals surface area contributed by atoms with Crippen molar-refractivity contribution in [1.29, 1.82) is 0 Å². The van der Waals surface area contributed by atoms with E-state index in [1.165, 1.54) is 0 Å². The predicted octanol–water partition coefficient (Wildman–Crippen LogP) is 4.90. The summed E-state index contributed by atoms with van der Waals surface area (Å²) in [5.74, 6) is 0.430. The van der Waals surface area contributed by atoms with Crippen LogP contribution in [0.5, 0.6) is 5.75 Å². The van der Waals surface area contributed by atoms with Gasteiger partial charge in [0, 0.05) is 11.3 Å². The molecule has 2 atom stereocenters. The fourth-order valence-corrected chi connectivity index (χ4v) is 4.31. The van der Waals surface area contributed by atoms with Gasteiger partial charge in [0.1, 0.15) is 5.75 Å². The number of fused-ring (bicyclic) bond motifs is 1. The van der Waals surface area contributed by atoms with Crippen LogP contribution in [0.1, 0.15) is 49.9 Å². The number of nitrogens with two attached hydrogens (primary N) is 1. The van der Waals surface area contributed by atoms with Gasteiger partial charge in [-0.25, -0.2) is 0 Å². The molecule has 5 nitrogen and oxygen atoms in total. The van der Waals surface area contributed by atoms with Gasteiger partial charge in [-0.3, -0.25) is 9.59 Å². The monoisotopic (exact) mass is 427 g/mol. The highest BCUT2D eigenvalue weighted by Gasteiger charge is 2.42. The Morgan fingerprint density at radius 1 is 1.09 bits per heavy atom. The molecule has 1 heterocycles. The molecule has 3 N–H and O–H groups in total. The maximum Gasteiger partial charge on any atom is 0.233 e. The highest BCUT2D eigenvalue weighted by Crippen LogP contribution is 2.45. The minimum atomic E-state index is -0.899. The van der Waals surface area contributed by atoms with Crippen molar-refractivity contribution in [2.75, 3.05) is 5.32 Å². The Kier molecular flexibility index (Phi) is 5.74. The highest BCUT2D eigenvalue weighted by atomic mass is 16.5. The molecule has 1 aliphatic heterocycles. The Morgan fingerprint density at radius 3 is 2.50 bits per heavy atom. The first kappa shape index (κ1) is 21.6. The van der Waals surface area contributed by atoms with Gasteiger partial charge in [-0.05, 0) is 85.8 Å². The first-order chi connectivity index (χ1) is 15.3. The third-order valence-corrected chi connectivity index (χ3v) is 6.07. The molecule has 0 fully saturated rings. The van der Waals surface area contributed by atoms with Crippen LogP contribution in [0.3, 0.4) is 0 Å². The molecule has 2 unspecified atom stereocenters. The molecule has 1 radical (unpaired) electrons. The normalized spacial score (nSPS) is 19.7. The lowest BCUT2D eigenvalue weighted by molar-refractivity contribution is -0.123. The van der Waals surface area contributed by atoms with Crippen LogP contribution in [0.15, 0.2) is 66.7 Å². The van der Waals surface area contributed by atoms with Crippen molar-refractivity contribution < 1.29 is 14.3 Å². The Hall–Kier alpha value is -3.60. The van der Waals surface area contributed by atoms with Crippen molar-refractivity contribution in [2.24, 2.45) is 5.73 Å². The van der Waals surface area contributed by atoms with Crippen molar-refractivity contribution in [3.63, 3.8) is 0 Å². The maximum atomic E-state index is 12.5. The van der Waals surface area contributed by atoms with E-state index in [1.54, 1.807) is 12.1 Å². The number of nitrogens with one attached hydrogen (secondary N) is 1. The van der Waals surface area contributed by atoms with E-state index < -0.39 is 11.3 Å². The van der Waals surface area contributed by atoms with E-state index in [9.17, 15) is 9.59 Å². The summed E-state index contributed by atoms with van der Waals surface area (Å²) in [5, 5.41) is 3.53. The summed E-state index contributed by atoms with van der Waals surface area (Å²) >= 11 is 0. The lowest BCUT2D eigenvalue weighted by Gasteiger charge is -2.39. The Balaban J connectivity index is 1.67. The molecule has 3 aromatic rings. The number of ether oxygens (including phenoxy) is 1. The van der Waals surface area contributed by atoms with Crippen LogP contribution in [0, 0.1) is 0 Å². The van der Waals surface area contributed by atoms with E-state index in [4.69, 9.17) is 10.5 Å². The number of hydrogen-bond donors (Lipinski definition) is 2. The fraction of sp³-hybridized carbons (Fsp3) is 0.259. The number of benzene rings is 3. The molecule has 0 saturated carbocycles. The van der Waals surface area contributed by atoms with Gasteiger partial charge in [-0.1, -0.05) is 30.3 Å². The molecule has 0 aromatic heterocycles. The zero-order chi connectivity index (χ0) is 22.9. The minimum absolute atomic E-state index is 0.102. The molecule has 0 spiro atoms. The molecule has 5 heteroatoms. The number of rotatable bonds is 6. The summed E-state index contributed by atoms with van der Waals surface area (Å²) in [4.78, 5) is 23.6. The third-order valence-electron chi connectivity index (χ3n) is 6.07. The second-order valence-electron chi connectivity index (χ2n) is 8.78. The second-order valence-corrected chi connectivity index (χ2v) is 8.78. The molecule has 1 aliphatic rings. The SMILES string of the molecule is CC(C)Oc1ccc(-c2cccc(C3CC(C)(C(N)=O)c4cc([C]=O)ccc4N3)c2)cc1. The standard InChI is InChI=1S/C27H27N2O3/c1-17(2)32-22-10-8-19(9-11-22)20-5-4-6-21(14-20)25-15-27(3,26(28)31)23-13-18(16-30)7-12-24(23)29-25/h4-14,17,25,29H,15H2,1-3H3,(H2,28,31). The van der Waals surface area contributed by atoms with Gasteiger partial charge in [0.25, 0.3) is 0 Å². The smallest absolute Gasteiger partial charge is 0.233 e.